The highest BCUT2D eigenvalue weighted by atomic mass is 32.1. The van der Waals surface area contributed by atoms with Crippen molar-refractivity contribution in [1.29, 1.82) is 0 Å². The Morgan fingerprint density at radius 2 is 1.89 bits per heavy atom. The number of nitrogens with one attached hydrogen (secondary N) is 1. The minimum Gasteiger partial charge on any atom is -0.465 e. The number of hydrogen-bond donors (Lipinski definition) is 2. The first kappa shape index (κ1) is 26.7. The quantitative estimate of drug-likeness (QED) is 0.519. The average Bonchev–Trinajstić information content (AvgIpc) is 3.41. The van der Waals surface area contributed by atoms with Gasteiger partial charge in [-0.15, -0.1) is 11.3 Å². The van der Waals surface area contributed by atoms with Gasteiger partial charge in [0.1, 0.15) is 5.60 Å². The summed E-state index contributed by atoms with van der Waals surface area (Å²) in [5.74, 6) is -0.0279. The fourth-order valence-electron chi connectivity index (χ4n) is 6.50. The van der Waals surface area contributed by atoms with Gasteiger partial charge >= 0.3 is 12.1 Å². The maximum atomic E-state index is 13.7. The lowest BCUT2D eigenvalue weighted by molar-refractivity contribution is -0.154. The van der Waals surface area contributed by atoms with Gasteiger partial charge in [0.05, 0.1) is 11.0 Å². The van der Waals surface area contributed by atoms with Crippen LogP contribution in [-0.2, 0) is 16.0 Å². The van der Waals surface area contributed by atoms with Crippen LogP contribution in [0.3, 0.4) is 0 Å². The van der Waals surface area contributed by atoms with Crippen molar-refractivity contribution in [2.75, 3.05) is 32.7 Å². The lowest BCUT2D eigenvalue weighted by atomic mass is 9.74. The monoisotopic (exact) mass is 539 g/mol. The molecular weight excluding hydrogens is 502 g/mol. The lowest BCUT2D eigenvalue weighted by Crippen LogP contribution is -2.53. The second-order valence-electron chi connectivity index (χ2n) is 11.5. The van der Waals surface area contributed by atoms with Crippen molar-refractivity contribution < 1.29 is 24.2 Å². The molecule has 4 heterocycles. The van der Waals surface area contributed by atoms with Crippen LogP contribution in [0, 0.1) is 5.41 Å². The number of amides is 2. The van der Waals surface area contributed by atoms with Crippen molar-refractivity contribution in [2.24, 2.45) is 5.41 Å². The largest absolute Gasteiger partial charge is 0.465 e. The fourth-order valence-corrected chi connectivity index (χ4v) is 7.66. The van der Waals surface area contributed by atoms with Crippen LogP contribution >= 0.6 is 11.3 Å². The topological polar surface area (TPSA) is 99.2 Å². The summed E-state index contributed by atoms with van der Waals surface area (Å²) in [6.45, 7) is 7.35. The van der Waals surface area contributed by atoms with Crippen LogP contribution in [0.1, 0.15) is 61.2 Å². The van der Waals surface area contributed by atoms with E-state index in [4.69, 9.17) is 9.84 Å². The third-order valence-electron chi connectivity index (χ3n) is 8.17. The molecule has 2 aromatic rings. The van der Waals surface area contributed by atoms with E-state index in [0.29, 0.717) is 31.1 Å². The highest BCUT2D eigenvalue weighted by Gasteiger charge is 2.54. The first-order chi connectivity index (χ1) is 18.2. The van der Waals surface area contributed by atoms with E-state index < -0.39 is 17.1 Å². The van der Waals surface area contributed by atoms with Crippen molar-refractivity contribution in [3.05, 3.63) is 46.8 Å². The van der Waals surface area contributed by atoms with Gasteiger partial charge in [-0.25, -0.2) is 4.79 Å². The molecule has 1 aromatic carbocycles. The molecule has 3 saturated heterocycles. The summed E-state index contributed by atoms with van der Waals surface area (Å²) in [6, 6.07) is 12.3. The van der Waals surface area contributed by atoms with Crippen LogP contribution in [0.25, 0.3) is 10.4 Å². The Kier molecular flexibility index (Phi) is 7.51. The van der Waals surface area contributed by atoms with Gasteiger partial charge in [-0.3, -0.25) is 14.5 Å². The highest BCUT2D eigenvalue weighted by molar-refractivity contribution is 7.15. The van der Waals surface area contributed by atoms with Crippen LogP contribution in [0.15, 0.2) is 36.4 Å². The van der Waals surface area contributed by atoms with Gasteiger partial charge in [-0.2, -0.15) is 0 Å². The van der Waals surface area contributed by atoms with Crippen molar-refractivity contribution in [1.82, 2.24) is 15.1 Å². The van der Waals surface area contributed by atoms with E-state index in [-0.39, 0.29) is 18.4 Å². The lowest BCUT2D eigenvalue weighted by Gasteiger charge is -2.44. The zero-order chi connectivity index (χ0) is 26.9. The molecule has 3 aliphatic rings. The van der Waals surface area contributed by atoms with Crippen LogP contribution in [0.4, 0.5) is 4.79 Å². The van der Waals surface area contributed by atoms with Gasteiger partial charge in [0.15, 0.2) is 0 Å². The standard InChI is InChI=1S/C29H37N3O5S/c1-28(2)18-29(26(34)37-28)12-6-14-32(19-29)21-10-15-31(16-11-21)25(33)22-17-24(20-7-4-3-5-8-20)38-23(22)9-13-30-27(35)36/h3-5,7-8,17,21,30H,6,9-16,18-19H2,1-2H3,(H,35,36). The smallest absolute Gasteiger partial charge is 0.404 e. The molecule has 1 aromatic heterocycles. The first-order valence-corrected chi connectivity index (χ1v) is 14.4. The summed E-state index contributed by atoms with van der Waals surface area (Å²) in [6.07, 6.45) is 3.84. The molecule has 1 spiro atoms. The normalized spacial score (nSPS) is 23.9. The minimum absolute atomic E-state index is 0.0171. The summed E-state index contributed by atoms with van der Waals surface area (Å²) in [4.78, 5) is 43.8. The molecule has 3 aliphatic heterocycles. The first-order valence-electron chi connectivity index (χ1n) is 13.6. The molecule has 9 heteroatoms. The Morgan fingerprint density at radius 3 is 2.55 bits per heavy atom. The number of rotatable bonds is 6. The molecule has 0 radical (unpaired) electrons. The van der Waals surface area contributed by atoms with Crippen molar-refractivity contribution in [2.45, 2.75) is 64.0 Å². The van der Waals surface area contributed by atoms with Gasteiger partial charge < -0.3 is 20.1 Å². The molecule has 3 fully saturated rings. The van der Waals surface area contributed by atoms with Gasteiger partial charge in [-0.1, -0.05) is 30.3 Å². The molecule has 0 saturated carbocycles. The van der Waals surface area contributed by atoms with E-state index in [1.807, 2.05) is 55.1 Å². The highest BCUT2D eigenvalue weighted by Crippen LogP contribution is 2.46. The second kappa shape index (κ2) is 10.7. The second-order valence-corrected chi connectivity index (χ2v) is 12.6. The van der Waals surface area contributed by atoms with Crippen LogP contribution < -0.4 is 5.32 Å². The molecule has 0 aliphatic carbocycles. The Hall–Kier alpha value is -2.91. The van der Waals surface area contributed by atoms with Crippen molar-refractivity contribution in [3.8, 4) is 10.4 Å². The van der Waals surface area contributed by atoms with Gasteiger partial charge in [-0.05, 0) is 57.7 Å². The predicted octanol–water partition coefficient (Wildman–Crippen LogP) is 4.64. The zero-order valence-corrected chi connectivity index (χ0v) is 23.0. The molecule has 1 atom stereocenters. The van der Waals surface area contributed by atoms with Gasteiger partial charge in [0.25, 0.3) is 5.91 Å². The Balaban J connectivity index is 1.25. The maximum Gasteiger partial charge on any atom is 0.404 e. The SMILES string of the molecule is CC1(C)CC2(CCCN(C3CCN(C(=O)c4cc(-c5ccccc5)sc4CCNC(=O)O)CC3)C2)C(=O)O1. The fraction of sp³-hybridized carbons (Fsp3) is 0.552. The molecule has 5 rings (SSSR count). The number of likely N-dealkylation sites (tertiary alicyclic amines) is 2. The third-order valence-corrected chi connectivity index (χ3v) is 9.41. The molecule has 2 N–H and O–H groups in total. The minimum atomic E-state index is -1.06. The Morgan fingerprint density at radius 1 is 1.16 bits per heavy atom. The van der Waals surface area contributed by atoms with Gasteiger partial charge in [0, 0.05) is 54.8 Å². The van der Waals surface area contributed by atoms with E-state index in [9.17, 15) is 14.4 Å². The Labute approximate surface area is 228 Å². The summed E-state index contributed by atoms with van der Waals surface area (Å²) in [5, 5.41) is 11.4. The van der Waals surface area contributed by atoms with Crippen molar-refractivity contribution in [3.63, 3.8) is 0 Å². The number of carbonyl (C=O) groups excluding carboxylic acids is 2. The summed E-state index contributed by atoms with van der Waals surface area (Å²) < 4.78 is 5.71. The molecule has 38 heavy (non-hydrogen) atoms. The van der Waals surface area contributed by atoms with Crippen LogP contribution in [0.5, 0.6) is 0 Å². The average molecular weight is 540 g/mol. The number of cyclic esters (lactones) is 1. The molecule has 1 unspecified atom stereocenters. The van der Waals surface area contributed by atoms with E-state index in [1.165, 1.54) is 0 Å². The zero-order valence-electron chi connectivity index (χ0n) is 22.2. The van der Waals surface area contributed by atoms with E-state index in [2.05, 4.69) is 10.2 Å². The number of piperidine rings is 2. The number of ether oxygens (including phenoxy) is 1. The van der Waals surface area contributed by atoms with E-state index in [1.54, 1.807) is 11.3 Å². The Bertz CT molecular complexity index is 1190. The number of nitrogens with zero attached hydrogens (tertiary/aromatic N) is 2. The number of carboxylic acid groups (broad SMARTS) is 1. The number of benzene rings is 1. The molecule has 0 bridgehead atoms. The van der Waals surface area contributed by atoms with Crippen LogP contribution in [0.2, 0.25) is 0 Å². The molecular formula is C29H37N3O5S. The molecule has 204 valence electrons. The third kappa shape index (κ3) is 5.59. The number of hydrogen-bond acceptors (Lipinski definition) is 6. The number of esters is 1. The van der Waals surface area contributed by atoms with Crippen LogP contribution in [-0.4, -0.2) is 77.2 Å². The summed E-state index contributed by atoms with van der Waals surface area (Å²) in [7, 11) is 0. The summed E-state index contributed by atoms with van der Waals surface area (Å²) >= 11 is 1.56. The number of thiophene rings is 1. The van der Waals surface area contributed by atoms with E-state index in [0.717, 1.165) is 60.5 Å². The van der Waals surface area contributed by atoms with Gasteiger partial charge in [0.2, 0.25) is 0 Å². The maximum absolute atomic E-state index is 13.7. The van der Waals surface area contributed by atoms with E-state index >= 15 is 0 Å². The summed E-state index contributed by atoms with van der Waals surface area (Å²) in [5.41, 5.74) is 0.938. The predicted molar refractivity (Wildman–Crippen MR) is 146 cm³/mol. The van der Waals surface area contributed by atoms with Crippen molar-refractivity contribution >= 4 is 29.3 Å². The number of carbonyl (C=O) groups is 3. The molecule has 2 amide bonds. The molecule has 8 nitrogen and oxygen atoms in total.